The highest BCUT2D eigenvalue weighted by molar-refractivity contribution is 5.38. The Bertz CT molecular complexity index is 300. The molecule has 1 aliphatic heterocycles. The van der Waals surface area contributed by atoms with Crippen molar-refractivity contribution < 1.29 is 4.74 Å². The smallest absolute Gasteiger partial charge is 0.200 e. The maximum absolute atomic E-state index is 5.58. The third-order valence-electron chi connectivity index (χ3n) is 4.88. The largest absolute Gasteiger partial charge is 0.482 e. The van der Waals surface area contributed by atoms with E-state index in [1.807, 2.05) is 0 Å². The number of ether oxygens (including phenoxy) is 1. The molecule has 2 aliphatic carbocycles. The minimum absolute atomic E-state index is 0.302. The highest BCUT2D eigenvalue weighted by atomic mass is 16.5. The van der Waals surface area contributed by atoms with Gasteiger partial charge in [-0.2, -0.15) is 0 Å². The SMILES string of the molecule is CC12CCC(C3=C1O[C]C3)C2(C)C. The molecule has 1 nitrogen and oxygen atoms in total. The summed E-state index contributed by atoms with van der Waals surface area (Å²) >= 11 is 0. The fourth-order valence-electron chi connectivity index (χ4n) is 3.60. The van der Waals surface area contributed by atoms with Crippen LogP contribution in [0, 0.1) is 23.4 Å². The maximum atomic E-state index is 5.58. The van der Waals surface area contributed by atoms with Crippen LogP contribution in [0.4, 0.5) is 0 Å². The van der Waals surface area contributed by atoms with Crippen molar-refractivity contribution in [3.8, 4) is 0 Å². The van der Waals surface area contributed by atoms with Crippen molar-refractivity contribution in [3.63, 3.8) is 0 Å². The summed E-state index contributed by atoms with van der Waals surface area (Å²) in [6.07, 6.45) is 3.61. The van der Waals surface area contributed by atoms with E-state index < -0.39 is 0 Å². The third kappa shape index (κ3) is 0.639. The second-order valence-corrected chi connectivity index (χ2v) is 5.42. The number of hydrogen-bond donors (Lipinski definition) is 0. The van der Waals surface area contributed by atoms with Crippen LogP contribution in [-0.2, 0) is 4.74 Å². The van der Waals surface area contributed by atoms with Crippen molar-refractivity contribution in [1.82, 2.24) is 0 Å². The van der Waals surface area contributed by atoms with Crippen molar-refractivity contribution in [2.45, 2.75) is 40.0 Å². The number of fused-ring (bicyclic) bond motifs is 4. The molecule has 0 aromatic carbocycles. The van der Waals surface area contributed by atoms with Crippen LogP contribution in [0.25, 0.3) is 0 Å². The number of hydrogen-bond acceptors (Lipinski definition) is 1. The topological polar surface area (TPSA) is 9.23 Å². The van der Waals surface area contributed by atoms with Crippen LogP contribution in [0.3, 0.4) is 0 Å². The molecule has 1 fully saturated rings. The van der Waals surface area contributed by atoms with Gasteiger partial charge in [0.2, 0.25) is 0 Å². The normalized spacial score (nSPS) is 45.3. The minimum atomic E-state index is 0.302. The first-order chi connectivity index (χ1) is 6.07. The van der Waals surface area contributed by atoms with Gasteiger partial charge in [0, 0.05) is 11.8 Å². The van der Waals surface area contributed by atoms with E-state index in [1.54, 1.807) is 5.57 Å². The molecular weight excluding hydrogens is 160 g/mol. The molecule has 2 atom stereocenters. The zero-order valence-corrected chi connectivity index (χ0v) is 8.61. The molecule has 2 bridgehead atoms. The van der Waals surface area contributed by atoms with Gasteiger partial charge >= 0.3 is 0 Å². The van der Waals surface area contributed by atoms with Crippen molar-refractivity contribution in [2.24, 2.45) is 16.7 Å². The lowest BCUT2D eigenvalue weighted by Crippen LogP contribution is -2.30. The Kier molecular flexibility index (Phi) is 1.19. The summed E-state index contributed by atoms with van der Waals surface area (Å²) in [6.45, 7) is 10.2. The molecule has 0 aromatic heterocycles. The van der Waals surface area contributed by atoms with Crippen LogP contribution in [0.1, 0.15) is 40.0 Å². The first-order valence-corrected chi connectivity index (χ1v) is 5.20. The predicted octanol–water partition coefficient (Wildman–Crippen LogP) is 3.16. The van der Waals surface area contributed by atoms with Gasteiger partial charge in [-0.3, -0.25) is 0 Å². The van der Waals surface area contributed by atoms with E-state index in [9.17, 15) is 0 Å². The van der Waals surface area contributed by atoms with Gasteiger partial charge in [-0.15, -0.1) is 0 Å². The molecule has 1 heterocycles. The predicted molar refractivity (Wildman–Crippen MR) is 50.6 cm³/mol. The summed E-state index contributed by atoms with van der Waals surface area (Å²) in [5.74, 6) is 2.04. The Morgan fingerprint density at radius 3 is 2.85 bits per heavy atom. The van der Waals surface area contributed by atoms with Crippen LogP contribution < -0.4 is 0 Å². The summed E-state index contributed by atoms with van der Waals surface area (Å²) in [5, 5.41) is 0. The monoisotopic (exact) mass is 176 g/mol. The quantitative estimate of drug-likeness (QED) is 0.551. The Morgan fingerprint density at radius 2 is 2.15 bits per heavy atom. The van der Waals surface area contributed by atoms with Gasteiger partial charge < -0.3 is 4.74 Å². The van der Waals surface area contributed by atoms with Gasteiger partial charge in [0.05, 0.1) is 0 Å². The van der Waals surface area contributed by atoms with Crippen LogP contribution in [-0.4, -0.2) is 0 Å². The zero-order chi connectivity index (χ0) is 9.27. The Balaban J connectivity index is 2.17. The molecule has 2 unspecified atom stereocenters. The Labute approximate surface area is 80.2 Å². The highest BCUT2D eigenvalue weighted by Gasteiger charge is 2.62. The van der Waals surface area contributed by atoms with Gasteiger partial charge in [-0.25, -0.2) is 0 Å². The van der Waals surface area contributed by atoms with Crippen molar-refractivity contribution in [3.05, 3.63) is 17.9 Å². The fourth-order valence-corrected chi connectivity index (χ4v) is 3.60. The van der Waals surface area contributed by atoms with Gasteiger partial charge in [0.15, 0.2) is 6.61 Å². The lowest BCUT2D eigenvalue weighted by atomic mass is 9.69. The average Bonchev–Trinajstić information content (AvgIpc) is 2.63. The van der Waals surface area contributed by atoms with E-state index in [2.05, 4.69) is 27.4 Å². The molecular formula is C12H16O. The van der Waals surface area contributed by atoms with E-state index in [1.165, 1.54) is 18.6 Å². The average molecular weight is 176 g/mol. The molecule has 0 spiro atoms. The van der Waals surface area contributed by atoms with E-state index in [0.717, 1.165) is 12.3 Å². The molecule has 3 rings (SSSR count). The van der Waals surface area contributed by atoms with E-state index >= 15 is 0 Å². The number of allylic oxidation sites excluding steroid dienone is 1. The van der Waals surface area contributed by atoms with Crippen molar-refractivity contribution in [1.29, 1.82) is 0 Å². The first kappa shape index (κ1) is 7.90. The summed E-state index contributed by atoms with van der Waals surface area (Å²) in [7, 11) is 0. The van der Waals surface area contributed by atoms with Gasteiger partial charge in [-0.1, -0.05) is 20.8 Å². The standard InChI is InChI=1S/C12H16O/c1-11(2)9-4-6-12(11,3)10-8(9)5-7-13-10/h9H,4-6H2,1-3H3. The molecule has 1 saturated carbocycles. The zero-order valence-electron chi connectivity index (χ0n) is 8.61. The second kappa shape index (κ2) is 1.97. The molecule has 0 amide bonds. The first-order valence-electron chi connectivity index (χ1n) is 5.20. The van der Waals surface area contributed by atoms with Gasteiger partial charge in [0.25, 0.3) is 0 Å². The van der Waals surface area contributed by atoms with E-state index in [-0.39, 0.29) is 0 Å². The fraction of sp³-hybridized carbons (Fsp3) is 0.750. The molecule has 3 aliphatic rings. The van der Waals surface area contributed by atoms with Crippen LogP contribution in [0.15, 0.2) is 11.3 Å². The molecule has 1 heteroatoms. The molecule has 2 radical (unpaired) electrons. The summed E-state index contributed by atoms with van der Waals surface area (Å²) < 4.78 is 5.58. The lowest BCUT2D eigenvalue weighted by molar-refractivity contribution is 0.102. The summed E-state index contributed by atoms with van der Waals surface area (Å²) in [4.78, 5) is 0. The van der Waals surface area contributed by atoms with Gasteiger partial charge in [-0.05, 0) is 29.7 Å². The minimum Gasteiger partial charge on any atom is -0.482 e. The summed E-state index contributed by atoms with van der Waals surface area (Å²) in [6, 6.07) is 0. The molecule has 0 saturated heterocycles. The summed E-state index contributed by atoms with van der Waals surface area (Å²) in [5.41, 5.74) is 2.27. The molecule has 70 valence electrons. The Morgan fingerprint density at radius 1 is 1.38 bits per heavy atom. The van der Waals surface area contributed by atoms with Crippen LogP contribution in [0.5, 0.6) is 0 Å². The van der Waals surface area contributed by atoms with Crippen LogP contribution in [0.2, 0.25) is 0 Å². The molecule has 0 aromatic rings. The second-order valence-electron chi connectivity index (χ2n) is 5.42. The van der Waals surface area contributed by atoms with Crippen molar-refractivity contribution in [2.75, 3.05) is 0 Å². The lowest BCUT2D eigenvalue weighted by Gasteiger charge is -2.36. The molecule has 13 heavy (non-hydrogen) atoms. The highest BCUT2D eigenvalue weighted by Crippen LogP contribution is 2.70. The molecule has 0 N–H and O–H groups in total. The maximum Gasteiger partial charge on any atom is 0.200 e. The number of rotatable bonds is 0. The van der Waals surface area contributed by atoms with E-state index in [0.29, 0.717) is 10.8 Å². The van der Waals surface area contributed by atoms with E-state index in [4.69, 9.17) is 4.74 Å². The van der Waals surface area contributed by atoms with Gasteiger partial charge in [0.1, 0.15) is 5.76 Å². The Hall–Kier alpha value is -0.460. The van der Waals surface area contributed by atoms with Crippen LogP contribution >= 0.6 is 0 Å². The third-order valence-corrected chi connectivity index (χ3v) is 4.88. The van der Waals surface area contributed by atoms with Crippen molar-refractivity contribution >= 4 is 0 Å².